The maximum atomic E-state index is 2.43. The van der Waals surface area contributed by atoms with Crippen LogP contribution in [0.15, 0.2) is 48.5 Å². The molecule has 0 nitrogen and oxygen atoms in total. The Labute approximate surface area is 242 Å². The maximum Gasteiger partial charge on any atom is 0.358 e. The van der Waals surface area contributed by atoms with Gasteiger partial charge < -0.3 is 0 Å². The molecule has 0 unspecified atom stereocenters. The Morgan fingerprint density at radius 1 is 0.378 bits per heavy atom. The van der Waals surface area contributed by atoms with Crippen molar-refractivity contribution >= 4 is 0 Å². The predicted molar refractivity (Wildman–Crippen MR) is 161 cm³/mol. The van der Waals surface area contributed by atoms with Crippen molar-refractivity contribution in [1.82, 2.24) is 0 Å². The van der Waals surface area contributed by atoms with Gasteiger partial charge in [-0.2, -0.15) is 0 Å². The van der Waals surface area contributed by atoms with Crippen LogP contribution >= 0.6 is 0 Å². The van der Waals surface area contributed by atoms with E-state index in [0.29, 0.717) is 0 Å². The smallest absolute Gasteiger partial charge is 0.0654 e. The van der Waals surface area contributed by atoms with Crippen molar-refractivity contribution in [3.05, 3.63) is 66.8 Å². The van der Waals surface area contributed by atoms with Gasteiger partial charge in [-0.15, -0.1) is 0 Å². The molecule has 0 saturated carbocycles. The lowest BCUT2D eigenvalue weighted by molar-refractivity contribution is -0.599. The Balaban J connectivity index is 1.67. The summed E-state index contributed by atoms with van der Waals surface area (Å²) in [6.07, 6.45) is 30.9. The molecule has 0 amide bonds. The third-order valence-corrected chi connectivity index (χ3v) is 11.0. The van der Waals surface area contributed by atoms with Gasteiger partial charge in [0, 0.05) is 11.1 Å². The molecule has 0 bridgehead atoms. The summed E-state index contributed by atoms with van der Waals surface area (Å²) in [5, 5.41) is 0. The lowest BCUT2D eigenvalue weighted by atomic mass is 10.0. The Hall–Kier alpha value is -0.830. The van der Waals surface area contributed by atoms with E-state index in [9.17, 15) is 0 Å². The highest BCUT2D eigenvalue weighted by molar-refractivity contribution is 5.17. The Bertz CT molecular complexity index is 714. The molecule has 37 heavy (non-hydrogen) atoms. The van der Waals surface area contributed by atoms with Gasteiger partial charge in [0.05, 0.1) is 0 Å². The van der Waals surface area contributed by atoms with E-state index in [2.05, 4.69) is 62.4 Å². The molecule has 0 radical (unpaired) electrons. The fraction of sp³-hybridized carbons (Fsp3) is 0.667. The van der Waals surface area contributed by atoms with Gasteiger partial charge in [-0.1, -0.05) is 166 Å². The molecule has 0 aliphatic carbocycles. The highest BCUT2D eigenvalue weighted by Gasteiger charge is 2.22. The molecule has 0 aromatic heterocycles. The van der Waals surface area contributed by atoms with Crippen molar-refractivity contribution in [1.29, 1.82) is 0 Å². The first-order valence-electron chi connectivity index (χ1n) is 16.2. The number of halogens is 1. The number of benzene rings is 2. The summed E-state index contributed by atoms with van der Waals surface area (Å²) in [7, 11) is 0. The second-order valence-corrected chi connectivity index (χ2v) is 14.0. The van der Waals surface area contributed by atoms with Gasteiger partial charge in [-0.25, -0.2) is 0 Å². The fourth-order valence-corrected chi connectivity index (χ4v) is 8.29. The zero-order valence-corrected chi connectivity index (χ0v) is 26.7. The van der Waals surface area contributed by atoms with E-state index >= 15 is 0 Å². The predicted octanol–water partition coefficient (Wildman–Crippen LogP) is 8.74. The molecule has 2 aromatic rings. The number of hydrogen-bond acceptors (Lipinski definition) is 0. The molecular formula is C36H58I+. The molecular weight excluding hydrogens is 559 g/mol. The largest absolute Gasteiger partial charge is 0.358 e. The molecule has 0 fully saturated rings. The number of hydrogen-bond donors (Lipinski definition) is 0. The van der Waals surface area contributed by atoms with Crippen molar-refractivity contribution in [3.8, 4) is 0 Å². The van der Waals surface area contributed by atoms with Gasteiger partial charge in [0.2, 0.25) is 0 Å². The molecule has 2 aromatic carbocycles. The molecule has 2 rings (SSSR count). The zero-order valence-electron chi connectivity index (χ0n) is 24.6. The first-order valence-corrected chi connectivity index (χ1v) is 18.3. The molecule has 208 valence electrons. The summed E-state index contributed by atoms with van der Waals surface area (Å²) in [6, 6.07) is 18.7. The SMILES string of the molecule is CCCCCCCCCCCCc1ccccc1[I+]c1ccccc1CCCCCCCCCCCC. The first-order chi connectivity index (χ1) is 18.3. The summed E-state index contributed by atoms with van der Waals surface area (Å²) >= 11 is -0.0947. The molecule has 0 aliphatic heterocycles. The Morgan fingerprint density at radius 2 is 0.676 bits per heavy atom. The standard InChI is InChI=1S/C36H58I/c1-3-5-7-9-11-13-15-17-19-21-27-33-29-23-25-31-35(33)37-36-32-26-24-30-34(36)28-22-20-18-16-14-12-10-8-6-4-2/h23-26,29-32H,3-22,27-28H2,1-2H3/q+1. The quantitative estimate of drug-likeness (QED) is 0.0817. The summed E-state index contributed by atoms with van der Waals surface area (Å²) < 4.78 is 3.32. The summed E-state index contributed by atoms with van der Waals surface area (Å²) in [4.78, 5) is 0. The molecule has 0 atom stereocenters. The van der Waals surface area contributed by atoms with E-state index in [1.807, 2.05) is 0 Å². The van der Waals surface area contributed by atoms with Gasteiger partial charge in [0.25, 0.3) is 0 Å². The van der Waals surface area contributed by atoms with E-state index in [1.165, 1.54) is 141 Å². The molecule has 0 aliphatic rings. The van der Waals surface area contributed by atoms with E-state index < -0.39 is 0 Å². The second-order valence-electron chi connectivity index (χ2n) is 11.1. The monoisotopic (exact) mass is 617 g/mol. The van der Waals surface area contributed by atoms with Gasteiger partial charge in [-0.05, 0) is 37.8 Å². The Morgan fingerprint density at radius 3 is 1.03 bits per heavy atom. The zero-order chi connectivity index (χ0) is 26.2. The highest BCUT2D eigenvalue weighted by Crippen LogP contribution is 2.14. The van der Waals surface area contributed by atoms with Crippen LogP contribution in [0.2, 0.25) is 0 Å². The van der Waals surface area contributed by atoms with Crippen LogP contribution in [-0.2, 0) is 12.8 Å². The van der Waals surface area contributed by atoms with Crippen LogP contribution < -0.4 is 21.2 Å². The van der Waals surface area contributed by atoms with E-state index in [4.69, 9.17) is 0 Å². The summed E-state index contributed by atoms with van der Waals surface area (Å²) in [5.74, 6) is 0. The lowest BCUT2D eigenvalue weighted by Gasteiger charge is -2.05. The van der Waals surface area contributed by atoms with Crippen molar-refractivity contribution in [2.24, 2.45) is 0 Å². The topological polar surface area (TPSA) is 0 Å². The summed E-state index contributed by atoms with van der Waals surface area (Å²) in [5.41, 5.74) is 3.26. The van der Waals surface area contributed by atoms with Crippen LogP contribution in [0, 0.1) is 7.14 Å². The normalized spacial score (nSPS) is 11.3. The maximum absolute atomic E-state index is 2.43. The van der Waals surface area contributed by atoms with Crippen molar-refractivity contribution < 1.29 is 21.2 Å². The lowest BCUT2D eigenvalue weighted by Crippen LogP contribution is -3.62. The summed E-state index contributed by atoms with van der Waals surface area (Å²) in [6.45, 7) is 4.61. The number of rotatable bonds is 24. The molecule has 0 spiro atoms. The minimum absolute atomic E-state index is 0.0947. The van der Waals surface area contributed by atoms with Crippen LogP contribution in [0.5, 0.6) is 0 Å². The van der Waals surface area contributed by atoms with E-state index in [1.54, 1.807) is 18.3 Å². The minimum Gasteiger partial charge on any atom is -0.0654 e. The second kappa shape index (κ2) is 23.1. The van der Waals surface area contributed by atoms with Crippen LogP contribution in [0.3, 0.4) is 0 Å². The number of unbranched alkanes of at least 4 members (excludes halogenated alkanes) is 18. The minimum atomic E-state index is -0.0947. The highest BCUT2D eigenvalue weighted by atomic mass is 127. The van der Waals surface area contributed by atoms with Gasteiger partial charge in [-0.3, -0.25) is 0 Å². The third-order valence-electron chi connectivity index (χ3n) is 7.72. The third kappa shape index (κ3) is 16.0. The fourth-order valence-electron chi connectivity index (χ4n) is 5.30. The average Bonchev–Trinajstić information content (AvgIpc) is 2.92. The first kappa shape index (κ1) is 32.4. The van der Waals surface area contributed by atoms with Crippen LogP contribution in [0.25, 0.3) is 0 Å². The number of aryl methyl sites for hydroxylation is 2. The van der Waals surface area contributed by atoms with Gasteiger partial charge in [0.1, 0.15) is 0 Å². The van der Waals surface area contributed by atoms with Gasteiger partial charge >= 0.3 is 21.2 Å². The van der Waals surface area contributed by atoms with Crippen molar-refractivity contribution in [3.63, 3.8) is 0 Å². The Kier molecular flexibility index (Phi) is 20.2. The van der Waals surface area contributed by atoms with E-state index in [-0.39, 0.29) is 21.2 Å². The van der Waals surface area contributed by atoms with Crippen LogP contribution in [-0.4, -0.2) is 0 Å². The van der Waals surface area contributed by atoms with Gasteiger partial charge in [0.15, 0.2) is 7.14 Å². The van der Waals surface area contributed by atoms with Crippen molar-refractivity contribution in [2.45, 2.75) is 155 Å². The molecule has 0 heterocycles. The van der Waals surface area contributed by atoms with Crippen LogP contribution in [0.4, 0.5) is 0 Å². The average molecular weight is 618 g/mol. The van der Waals surface area contributed by atoms with Crippen molar-refractivity contribution in [2.75, 3.05) is 0 Å². The van der Waals surface area contributed by atoms with E-state index in [0.717, 1.165) is 0 Å². The molecule has 1 heteroatoms. The van der Waals surface area contributed by atoms with Crippen LogP contribution in [0.1, 0.15) is 153 Å². The molecule has 0 saturated heterocycles. The molecule has 0 N–H and O–H groups in total.